The molecule has 1 fully saturated rings. The number of rotatable bonds is 5. The highest BCUT2D eigenvalue weighted by Gasteiger charge is 2.49. The maximum Gasteiger partial charge on any atom is 0.190 e. The van der Waals surface area contributed by atoms with E-state index in [1.54, 1.807) is 41.4 Å². The SMILES string of the molecule is COC1C(C)C(O)C(OC)C1OC.COC1C=C(C)C(=O)C1OC. The van der Waals surface area contributed by atoms with Crippen LogP contribution in [0.15, 0.2) is 11.6 Å². The number of carbonyl (C=O) groups is 1. The van der Waals surface area contributed by atoms with Crippen molar-refractivity contribution in [3.05, 3.63) is 11.6 Å². The summed E-state index contributed by atoms with van der Waals surface area (Å²) < 4.78 is 25.7. The largest absolute Gasteiger partial charge is 0.390 e. The highest BCUT2D eigenvalue weighted by Crippen LogP contribution is 2.32. The Hall–Kier alpha value is -0.830. The van der Waals surface area contributed by atoms with E-state index in [1.807, 2.05) is 6.92 Å². The minimum atomic E-state index is -0.514. The van der Waals surface area contributed by atoms with Gasteiger partial charge in [0.15, 0.2) is 5.78 Å². The quantitative estimate of drug-likeness (QED) is 0.780. The summed E-state index contributed by atoms with van der Waals surface area (Å²) in [5.74, 6) is 0.0688. The molecular weight excluding hydrogens is 316 g/mol. The van der Waals surface area contributed by atoms with Crippen LogP contribution in [0.1, 0.15) is 13.8 Å². The van der Waals surface area contributed by atoms with E-state index in [9.17, 15) is 9.90 Å². The van der Waals surface area contributed by atoms with Gasteiger partial charge in [-0.3, -0.25) is 4.79 Å². The van der Waals surface area contributed by atoms with Gasteiger partial charge in [-0.25, -0.2) is 0 Å². The van der Waals surface area contributed by atoms with Gasteiger partial charge in [-0.05, 0) is 18.6 Å². The summed E-state index contributed by atoms with van der Waals surface area (Å²) in [6.07, 6.45) is 0.0820. The Kier molecular flexibility index (Phi) is 8.49. The monoisotopic (exact) mass is 346 g/mol. The maximum atomic E-state index is 11.2. The normalized spacial score (nSPS) is 38.8. The molecule has 0 aromatic rings. The van der Waals surface area contributed by atoms with E-state index in [0.29, 0.717) is 0 Å². The summed E-state index contributed by atoms with van der Waals surface area (Å²) in [5.41, 5.74) is 0.726. The second-order valence-corrected chi connectivity index (χ2v) is 6.02. The van der Waals surface area contributed by atoms with Crippen LogP contribution < -0.4 is 0 Å². The van der Waals surface area contributed by atoms with Crippen LogP contribution in [-0.4, -0.2) is 83.1 Å². The minimum absolute atomic E-state index is 0.0272. The molecule has 0 aromatic heterocycles. The Balaban J connectivity index is 0.000000243. The fraction of sp³-hybridized carbons (Fsp3) is 0.824. The molecule has 0 spiro atoms. The summed E-state index contributed by atoms with van der Waals surface area (Å²) in [5, 5.41) is 9.78. The van der Waals surface area contributed by atoms with Gasteiger partial charge in [0.2, 0.25) is 0 Å². The summed E-state index contributed by atoms with van der Waals surface area (Å²) >= 11 is 0. The van der Waals surface area contributed by atoms with Crippen molar-refractivity contribution in [2.24, 2.45) is 5.92 Å². The number of hydrogen-bond acceptors (Lipinski definition) is 7. The third-order valence-corrected chi connectivity index (χ3v) is 4.74. The van der Waals surface area contributed by atoms with E-state index in [4.69, 9.17) is 23.7 Å². The fourth-order valence-corrected chi connectivity index (χ4v) is 3.29. The van der Waals surface area contributed by atoms with Crippen LogP contribution in [0.4, 0.5) is 0 Å². The molecular formula is C17H30O7. The number of hydrogen-bond donors (Lipinski definition) is 1. The Morgan fingerprint density at radius 1 is 0.875 bits per heavy atom. The van der Waals surface area contributed by atoms with E-state index >= 15 is 0 Å². The molecule has 7 nitrogen and oxygen atoms in total. The second-order valence-electron chi connectivity index (χ2n) is 6.02. The van der Waals surface area contributed by atoms with Gasteiger partial charge in [-0.1, -0.05) is 6.92 Å². The van der Waals surface area contributed by atoms with Crippen LogP contribution in [0.2, 0.25) is 0 Å². The van der Waals surface area contributed by atoms with E-state index in [2.05, 4.69) is 0 Å². The van der Waals surface area contributed by atoms with E-state index < -0.39 is 12.2 Å². The van der Waals surface area contributed by atoms with Gasteiger partial charge in [0, 0.05) is 41.5 Å². The lowest BCUT2D eigenvalue weighted by molar-refractivity contribution is -0.128. The van der Waals surface area contributed by atoms with Crippen molar-refractivity contribution in [1.29, 1.82) is 0 Å². The average Bonchev–Trinajstić information content (AvgIpc) is 3.01. The molecule has 7 atom stereocenters. The van der Waals surface area contributed by atoms with Crippen molar-refractivity contribution >= 4 is 5.78 Å². The molecule has 7 unspecified atom stereocenters. The van der Waals surface area contributed by atoms with Crippen LogP contribution in [0.25, 0.3) is 0 Å². The van der Waals surface area contributed by atoms with Crippen molar-refractivity contribution in [1.82, 2.24) is 0 Å². The predicted octanol–water partition coefficient (Wildman–Crippen LogP) is 0.587. The molecule has 0 radical (unpaired) electrons. The zero-order chi connectivity index (χ0) is 18.4. The van der Waals surface area contributed by atoms with Gasteiger partial charge in [0.1, 0.15) is 24.4 Å². The van der Waals surface area contributed by atoms with Crippen molar-refractivity contribution in [2.75, 3.05) is 35.5 Å². The van der Waals surface area contributed by atoms with Crippen LogP contribution in [-0.2, 0) is 28.5 Å². The van der Waals surface area contributed by atoms with Crippen molar-refractivity contribution in [3.8, 4) is 0 Å². The molecule has 1 N–H and O–H groups in total. The van der Waals surface area contributed by atoms with E-state index in [1.165, 1.54) is 7.11 Å². The summed E-state index contributed by atoms with van der Waals surface area (Å²) in [7, 11) is 7.89. The van der Waals surface area contributed by atoms with Crippen LogP contribution in [0.5, 0.6) is 0 Å². The first-order valence-electron chi connectivity index (χ1n) is 7.92. The third-order valence-electron chi connectivity index (χ3n) is 4.74. The van der Waals surface area contributed by atoms with Gasteiger partial charge < -0.3 is 28.8 Å². The summed E-state index contributed by atoms with van der Waals surface area (Å²) in [6.45, 7) is 3.71. The number of ketones is 1. The minimum Gasteiger partial charge on any atom is -0.390 e. The highest BCUT2D eigenvalue weighted by molar-refractivity contribution is 6.01. The molecule has 0 aliphatic heterocycles. The number of Topliss-reactive ketones (excluding diaryl/α,β-unsaturated/α-hetero) is 1. The molecule has 0 bridgehead atoms. The van der Waals surface area contributed by atoms with Crippen molar-refractivity contribution < 1.29 is 33.6 Å². The molecule has 1 saturated carbocycles. The van der Waals surface area contributed by atoms with Crippen LogP contribution >= 0.6 is 0 Å². The predicted molar refractivity (Wildman–Crippen MR) is 87.9 cm³/mol. The van der Waals surface area contributed by atoms with Crippen molar-refractivity contribution in [3.63, 3.8) is 0 Å². The van der Waals surface area contributed by atoms with Gasteiger partial charge in [-0.15, -0.1) is 0 Å². The molecule has 2 aliphatic rings. The number of aliphatic hydroxyl groups excluding tert-OH is 1. The molecule has 0 heterocycles. The Bertz CT molecular complexity index is 421. The molecule has 140 valence electrons. The fourth-order valence-electron chi connectivity index (χ4n) is 3.29. The zero-order valence-corrected chi connectivity index (χ0v) is 15.5. The topological polar surface area (TPSA) is 83.5 Å². The first kappa shape index (κ1) is 21.2. The number of methoxy groups -OCH3 is 5. The Morgan fingerprint density at radius 3 is 1.79 bits per heavy atom. The Labute approximate surface area is 143 Å². The standard InChI is InChI=1S/C9H18O4.C8H12O3/c1-5-6(10)8(12-3)9(13-4)7(5)11-2;1-5-4-6(10-2)8(11-3)7(5)9/h5-10H,1-4H3;4,6,8H,1-3H3. The van der Waals surface area contributed by atoms with Crippen LogP contribution in [0, 0.1) is 5.92 Å². The summed E-state index contributed by atoms with van der Waals surface area (Å²) in [6, 6.07) is 0. The van der Waals surface area contributed by atoms with Gasteiger partial charge in [0.25, 0.3) is 0 Å². The van der Waals surface area contributed by atoms with Gasteiger partial charge >= 0.3 is 0 Å². The van der Waals surface area contributed by atoms with Gasteiger partial charge in [-0.2, -0.15) is 0 Å². The third kappa shape index (κ3) is 4.22. The first-order valence-corrected chi connectivity index (χ1v) is 7.92. The van der Waals surface area contributed by atoms with Crippen molar-refractivity contribution in [2.45, 2.75) is 50.5 Å². The first-order chi connectivity index (χ1) is 11.4. The number of ether oxygens (including phenoxy) is 5. The maximum absolute atomic E-state index is 11.2. The molecule has 24 heavy (non-hydrogen) atoms. The highest BCUT2D eigenvalue weighted by atomic mass is 16.6. The Morgan fingerprint density at radius 2 is 1.42 bits per heavy atom. The molecule has 7 heteroatoms. The lowest BCUT2D eigenvalue weighted by Crippen LogP contribution is -2.36. The van der Waals surface area contributed by atoms with E-state index in [0.717, 1.165) is 5.57 Å². The lowest BCUT2D eigenvalue weighted by Gasteiger charge is -2.22. The molecule has 0 amide bonds. The van der Waals surface area contributed by atoms with E-state index in [-0.39, 0.29) is 36.1 Å². The number of aliphatic hydroxyl groups is 1. The molecule has 2 aliphatic carbocycles. The number of carbonyl (C=O) groups excluding carboxylic acids is 1. The zero-order valence-electron chi connectivity index (χ0n) is 15.5. The molecule has 0 aromatic carbocycles. The average molecular weight is 346 g/mol. The second kappa shape index (κ2) is 9.60. The molecule has 2 rings (SSSR count). The smallest absolute Gasteiger partial charge is 0.190 e. The lowest BCUT2D eigenvalue weighted by atomic mass is 10.1. The van der Waals surface area contributed by atoms with Crippen LogP contribution in [0.3, 0.4) is 0 Å². The molecule has 0 saturated heterocycles. The van der Waals surface area contributed by atoms with Gasteiger partial charge in [0.05, 0.1) is 12.2 Å². The summed E-state index contributed by atoms with van der Waals surface area (Å²) in [4.78, 5) is 11.2.